The van der Waals surface area contributed by atoms with Crippen molar-refractivity contribution < 1.29 is 9.13 Å². The first-order valence-corrected chi connectivity index (χ1v) is 10.5. The summed E-state index contributed by atoms with van der Waals surface area (Å²) in [7, 11) is 1.75. The van der Waals surface area contributed by atoms with Crippen molar-refractivity contribution >= 4 is 17.8 Å². The molecule has 0 amide bonds. The van der Waals surface area contributed by atoms with Crippen LogP contribution < -0.4 is 10.5 Å². The molecule has 0 aliphatic carbocycles. The number of nitrogens with zero attached hydrogens (tertiary/aromatic N) is 5. The lowest BCUT2D eigenvalue weighted by atomic mass is 10.0. The van der Waals surface area contributed by atoms with Gasteiger partial charge in [-0.3, -0.25) is 4.68 Å². The molecule has 9 heteroatoms. The van der Waals surface area contributed by atoms with Crippen LogP contribution in [-0.4, -0.2) is 25.3 Å². The van der Waals surface area contributed by atoms with Crippen LogP contribution in [0.4, 0.5) is 10.2 Å². The van der Waals surface area contributed by atoms with Crippen LogP contribution in [0.15, 0.2) is 30.5 Å². The number of hydrogen-bond acceptors (Lipinski definition) is 7. The molecule has 30 heavy (non-hydrogen) atoms. The van der Waals surface area contributed by atoms with Gasteiger partial charge < -0.3 is 10.5 Å². The topological polar surface area (TPSA) is 93.0 Å². The highest BCUT2D eigenvalue weighted by molar-refractivity contribution is 7.96. The Balaban J connectivity index is 1.94. The zero-order valence-corrected chi connectivity index (χ0v) is 17.7. The standard InChI is InChI=1S/C21H21FN6OS/c1-12-16-7-15(22)5-4-13(16)10-28(30-3)11-17-20(18(8-23)27(2)26-17)14-6-19(29-12)21(24)25-9-14/h4-7,9,12H,10-11H2,1-3H3,(H2,24,25)/t12-/m1/s1. The van der Waals surface area contributed by atoms with Crippen LogP contribution in [0.3, 0.4) is 0 Å². The highest BCUT2D eigenvalue weighted by Crippen LogP contribution is 2.36. The van der Waals surface area contributed by atoms with Crippen molar-refractivity contribution in [3.63, 3.8) is 0 Å². The van der Waals surface area contributed by atoms with Gasteiger partial charge in [0.25, 0.3) is 0 Å². The minimum absolute atomic E-state index is 0.232. The average Bonchev–Trinajstić information content (AvgIpc) is 3.04. The van der Waals surface area contributed by atoms with Crippen molar-refractivity contribution in [2.45, 2.75) is 26.1 Å². The molecule has 0 spiro atoms. The van der Waals surface area contributed by atoms with Crippen molar-refractivity contribution in [3.8, 4) is 22.9 Å². The Morgan fingerprint density at radius 2 is 2.13 bits per heavy atom. The maximum Gasteiger partial charge on any atom is 0.166 e. The molecule has 3 heterocycles. The zero-order chi connectivity index (χ0) is 21.4. The summed E-state index contributed by atoms with van der Waals surface area (Å²) in [4.78, 5) is 4.27. The van der Waals surface area contributed by atoms with Gasteiger partial charge in [-0.25, -0.2) is 13.7 Å². The van der Waals surface area contributed by atoms with E-state index in [0.717, 1.165) is 16.8 Å². The molecule has 2 bridgehead atoms. The van der Waals surface area contributed by atoms with Crippen molar-refractivity contribution in [1.29, 1.82) is 5.26 Å². The monoisotopic (exact) mass is 424 g/mol. The van der Waals surface area contributed by atoms with E-state index in [2.05, 4.69) is 20.5 Å². The molecular formula is C21H21FN6OS. The smallest absolute Gasteiger partial charge is 0.166 e. The summed E-state index contributed by atoms with van der Waals surface area (Å²) in [6.45, 7) is 2.91. The van der Waals surface area contributed by atoms with Crippen LogP contribution in [0.2, 0.25) is 0 Å². The van der Waals surface area contributed by atoms with E-state index in [9.17, 15) is 9.65 Å². The van der Waals surface area contributed by atoms with Crippen LogP contribution >= 0.6 is 11.9 Å². The van der Waals surface area contributed by atoms with Gasteiger partial charge in [0.05, 0.1) is 12.2 Å². The lowest BCUT2D eigenvalue weighted by Gasteiger charge is -2.24. The number of anilines is 1. The van der Waals surface area contributed by atoms with Gasteiger partial charge in [0.1, 0.15) is 23.7 Å². The first-order chi connectivity index (χ1) is 14.4. The molecule has 2 aromatic heterocycles. The summed E-state index contributed by atoms with van der Waals surface area (Å²) in [5, 5.41) is 14.3. The van der Waals surface area contributed by atoms with E-state index in [1.165, 1.54) is 12.1 Å². The second-order valence-electron chi connectivity index (χ2n) is 7.10. The largest absolute Gasteiger partial charge is 0.482 e. The van der Waals surface area contributed by atoms with Crippen LogP contribution in [0.1, 0.15) is 35.5 Å². The van der Waals surface area contributed by atoms with Crippen LogP contribution in [0.25, 0.3) is 11.1 Å². The fourth-order valence-electron chi connectivity index (χ4n) is 3.69. The van der Waals surface area contributed by atoms with Crippen molar-refractivity contribution in [1.82, 2.24) is 19.1 Å². The van der Waals surface area contributed by atoms with Crippen molar-refractivity contribution in [2.75, 3.05) is 12.0 Å². The number of aromatic nitrogens is 3. The Morgan fingerprint density at radius 1 is 1.33 bits per heavy atom. The summed E-state index contributed by atoms with van der Waals surface area (Å²) in [6.07, 6.45) is 3.16. The summed E-state index contributed by atoms with van der Waals surface area (Å²) in [6, 6.07) is 8.73. The molecule has 154 valence electrons. The third kappa shape index (κ3) is 3.60. The van der Waals surface area contributed by atoms with Gasteiger partial charge in [0, 0.05) is 30.9 Å². The molecule has 0 saturated carbocycles. The van der Waals surface area contributed by atoms with Crippen LogP contribution in [0, 0.1) is 17.1 Å². The molecule has 1 aliphatic heterocycles. The van der Waals surface area contributed by atoms with Gasteiger partial charge in [-0.2, -0.15) is 10.4 Å². The molecule has 2 N–H and O–H groups in total. The average molecular weight is 425 g/mol. The summed E-state index contributed by atoms with van der Waals surface area (Å²) < 4.78 is 23.8. The predicted octanol–water partition coefficient (Wildman–Crippen LogP) is 3.81. The maximum absolute atomic E-state index is 14.0. The maximum atomic E-state index is 14.0. The Kier molecular flexibility index (Phi) is 5.37. The van der Waals surface area contributed by atoms with Gasteiger partial charge in [0.15, 0.2) is 11.6 Å². The summed E-state index contributed by atoms with van der Waals surface area (Å²) in [5.74, 6) is 0.295. The van der Waals surface area contributed by atoms with E-state index in [1.807, 2.05) is 13.2 Å². The van der Waals surface area contributed by atoms with E-state index < -0.39 is 6.10 Å². The number of aryl methyl sites for hydroxylation is 1. The number of fused-ring (bicyclic) bond motifs is 5. The fraction of sp³-hybridized carbons (Fsp3) is 0.286. The van der Waals surface area contributed by atoms with Gasteiger partial charge in [-0.05, 0) is 42.5 Å². The zero-order valence-electron chi connectivity index (χ0n) is 16.9. The quantitative estimate of drug-likeness (QED) is 0.594. The fourth-order valence-corrected chi connectivity index (χ4v) is 4.21. The van der Waals surface area contributed by atoms with E-state index in [-0.39, 0.29) is 11.6 Å². The first-order valence-electron chi connectivity index (χ1n) is 9.37. The number of rotatable bonds is 1. The normalized spacial score (nSPS) is 16.4. The predicted molar refractivity (Wildman–Crippen MR) is 114 cm³/mol. The number of benzene rings is 1. The third-order valence-electron chi connectivity index (χ3n) is 5.18. The van der Waals surface area contributed by atoms with E-state index in [0.29, 0.717) is 35.7 Å². The number of nitrogens with two attached hydrogens (primary N) is 1. The highest BCUT2D eigenvalue weighted by Gasteiger charge is 2.24. The number of halogens is 1. The van der Waals surface area contributed by atoms with Crippen molar-refractivity contribution in [2.24, 2.45) is 7.05 Å². The molecule has 4 rings (SSSR count). The molecule has 1 aromatic carbocycles. The summed E-state index contributed by atoms with van der Waals surface area (Å²) in [5.41, 5.74) is 10.4. The number of nitriles is 1. The molecule has 0 radical (unpaired) electrons. The number of ether oxygens (including phenoxy) is 1. The van der Waals surface area contributed by atoms with Gasteiger partial charge in [-0.15, -0.1) is 0 Å². The van der Waals surface area contributed by atoms with Crippen LogP contribution in [0.5, 0.6) is 5.75 Å². The van der Waals surface area contributed by atoms with Crippen molar-refractivity contribution in [3.05, 3.63) is 58.8 Å². The molecule has 0 unspecified atom stereocenters. The van der Waals surface area contributed by atoms with Gasteiger partial charge in [0.2, 0.25) is 0 Å². The molecular weight excluding hydrogens is 403 g/mol. The highest BCUT2D eigenvalue weighted by atomic mass is 32.2. The second-order valence-corrected chi connectivity index (χ2v) is 7.98. The molecule has 1 atom stereocenters. The number of nitrogen functional groups attached to an aromatic ring is 1. The van der Waals surface area contributed by atoms with E-state index >= 15 is 0 Å². The molecule has 7 nitrogen and oxygen atoms in total. The Hall–Kier alpha value is -3.09. The minimum atomic E-state index is -0.443. The lowest BCUT2D eigenvalue weighted by molar-refractivity contribution is 0.225. The van der Waals surface area contributed by atoms with E-state index in [4.69, 9.17) is 10.5 Å². The summed E-state index contributed by atoms with van der Waals surface area (Å²) >= 11 is 1.56. The lowest BCUT2D eigenvalue weighted by Crippen LogP contribution is -2.18. The van der Waals surface area contributed by atoms with E-state index in [1.54, 1.807) is 42.0 Å². The van der Waals surface area contributed by atoms with Gasteiger partial charge in [-0.1, -0.05) is 18.0 Å². The molecule has 0 saturated heterocycles. The third-order valence-corrected chi connectivity index (χ3v) is 5.95. The first kappa shape index (κ1) is 20.2. The SMILES string of the molecule is CSN1Cc2ccc(F)cc2[C@@H](C)Oc2cc(cnc2N)-c2c(nn(C)c2C#N)C1. The second kappa shape index (κ2) is 7.97. The minimum Gasteiger partial charge on any atom is -0.482 e. The number of hydrogen-bond donors (Lipinski definition) is 1. The Labute approximate surface area is 178 Å². The molecule has 1 aliphatic rings. The van der Waals surface area contributed by atoms with Gasteiger partial charge >= 0.3 is 0 Å². The Bertz CT molecular complexity index is 1160. The van der Waals surface area contributed by atoms with Crippen LogP contribution in [-0.2, 0) is 20.1 Å². The number of pyridine rings is 1. The molecule has 3 aromatic rings. The molecule has 0 fully saturated rings. The Morgan fingerprint density at radius 3 is 2.87 bits per heavy atom.